The van der Waals surface area contributed by atoms with Gasteiger partial charge in [0.2, 0.25) is 5.82 Å². The predicted octanol–water partition coefficient (Wildman–Crippen LogP) is 3.59. The molecule has 17 heavy (non-hydrogen) atoms. The van der Waals surface area contributed by atoms with Crippen molar-refractivity contribution in [3.05, 3.63) is 29.3 Å². The molecule has 1 atom stereocenters. The van der Waals surface area contributed by atoms with Crippen molar-refractivity contribution in [1.82, 2.24) is 0 Å². The first-order chi connectivity index (χ1) is 8.06. The summed E-state index contributed by atoms with van der Waals surface area (Å²) in [4.78, 5) is 0. The lowest BCUT2D eigenvalue weighted by Crippen LogP contribution is -2.03. The lowest BCUT2D eigenvalue weighted by molar-refractivity contribution is 0.197. The van der Waals surface area contributed by atoms with E-state index in [0.29, 0.717) is 12.2 Å². The zero-order valence-electron chi connectivity index (χ0n) is 10.2. The maximum atomic E-state index is 13.4. The van der Waals surface area contributed by atoms with E-state index in [9.17, 15) is 13.9 Å². The summed E-state index contributed by atoms with van der Waals surface area (Å²) in [5.74, 6) is -2.11. The maximum Gasteiger partial charge on any atom is 0.200 e. The molecule has 0 amide bonds. The highest BCUT2D eigenvalue weighted by Crippen LogP contribution is 2.25. The van der Waals surface area contributed by atoms with E-state index >= 15 is 0 Å². The first-order valence-corrected chi connectivity index (χ1v) is 5.86. The molecule has 1 rings (SSSR count). The minimum Gasteiger partial charge on any atom is -0.490 e. The number of unbranched alkanes of at least 4 members (excludes halogenated alkanes) is 2. The normalized spacial score (nSPS) is 12.5. The van der Waals surface area contributed by atoms with Gasteiger partial charge in [0.1, 0.15) is 0 Å². The van der Waals surface area contributed by atoms with Crippen LogP contribution in [-0.2, 0) is 0 Å². The highest BCUT2D eigenvalue weighted by atomic mass is 19.2. The van der Waals surface area contributed by atoms with Crippen molar-refractivity contribution < 1.29 is 18.6 Å². The minimum absolute atomic E-state index is 0.128. The molecule has 0 bridgehead atoms. The van der Waals surface area contributed by atoms with Gasteiger partial charge in [-0.2, -0.15) is 4.39 Å². The van der Waals surface area contributed by atoms with Crippen LogP contribution in [-0.4, -0.2) is 11.7 Å². The number of aliphatic hydroxyl groups is 1. The van der Waals surface area contributed by atoms with Crippen molar-refractivity contribution in [1.29, 1.82) is 0 Å². The molecule has 1 aromatic rings. The molecule has 0 aliphatic carbocycles. The monoisotopic (exact) mass is 244 g/mol. The molecule has 2 nitrogen and oxygen atoms in total. The summed E-state index contributed by atoms with van der Waals surface area (Å²) in [6.45, 7) is 3.90. The first-order valence-electron chi connectivity index (χ1n) is 5.86. The Balaban J connectivity index is 2.75. The van der Waals surface area contributed by atoms with Gasteiger partial charge in [0, 0.05) is 0 Å². The summed E-state index contributed by atoms with van der Waals surface area (Å²) in [5.41, 5.74) is 0.314. The molecule has 1 N–H and O–H groups in total. The van der Waals surface area contributed by atoms with Gasteiger partial charge in [-0.15, -0.1) is 0 Å². The summed E-state index contributed by atoms with van der Waals surface area (Å²) in [5, 5.41) is 9.33. The van der Waals surface area contributed by atoms with E-state index in [2.05, 4.69) is 0 Å². The zero-order chi connectivity index (χ0) is 12.8. The van der Waals surface area contributed by atoms with E-state index in [0.717, 1.165) is 25.3 Å². The van der Waals surface area contributed by atoms with Crippen molar-refractivity contribution in [2.75, 3.05) is 6.61 Å². The summed E-state index contributed by atoms with van der Waals surface area (Å²) < 4.78 is 31.8. The molecular weight excluding hydrogens is 226 g/mol. The van der Waals surface area contributed by atoms with Crippen LogP contribution in [0.15, 0.2) is 12.1 Å². The molecule has 0 unspecified atom stereocenters. The number of hydrogen-bond donors (Lipinski definition) is 1. The van der Waals surface area contributed by atoms with Crippen LogP contribution in [0, 0.1) is 11.6 Å². The van der Waals surface area contributed by atoms with E-state index in [4.69, 9.17) is 4.74 Å². The van der Waals surface area contributed by atoms with Crippen molar-refractivity contribution in [3.8, 4) is 5.75 Å². The predicted molar refractivity (Wildman–Crippen MR) is 62.0 cm³/mol. The van der Waals surface area contributed by atoms with Gasteiger partial charge in [-0.3, -0.25) is 0 Å². The fourth-order valence-corrected chi connectivity index (χ4v) is 1.46. The van der Waals surface area contributed by atoms with E-state index in [1.807, 2.05) is 6.92 Å². The van der Waals surface area contributed by atoms with Gasteiger partial charge in [0.15, 0.2) is 11.6 Å². The third kappa shape index (κ3) is 3.97. The Kier molecular flexibility index (Phi) is 5.35. The molecule has 0 aliphatic heterocycles. The van der Waals surface area contributed by atoms with E-state index in [1.54, 1.807) is 0 Å². The second-order valence-electron chi connectivity index (χ2n) is 4.05. The molecule has 0 aliphatic rings. The van der Waals surface area contributed by atoms with Crippen LogP contribution < -0.4 is 4.74 Å². The summed E-state index contributed by atoms with van der Waals surface area (Å²) in [6, 6.07) is 2.33. The lowest BCUT2D eigenvalue weighted by Gasteiger charge is -2.11. The van der Waals surface area contributed by atoms with Gasteiger partial charge < -0.3 is 9.84 Å². The minimum atomic E-state index is -0.995. The Labute approximate surface area is 100 Å². The van der Waals surface area contributed by atoms with Gasteiger partial charge in [-0.1, -0.05) is 19.8 Å². The smallest absolute Gasteiger partial charge is 0.200 e. The maximum absolute atomic E-state index is 13.4. The number of ether oxygens (including phenoxy) is 1. The van der Waals surface area contributed by atoms with Crippen molar-refractivity contribution in [3.63, 3.8) is 0 Å². The quantitative estimate of drug-likeness (QED) is 0.775. The fourth-order valence-electron chi connectivity index (χ4n) is 1.46. The van der Waals surface area contributed by atoms with E-state index in [1.165, 1.54) is 13.0 Å². The van der Waals surface area contributed by atoms with Crippen molar-refractivity contribution >= 4 is 0 Å². The Morgan fingerprint density at radius 1 is 1.29 bits per heavy atom. The van der Waals surface area contributed by atoms with Crippen LogP contribution in [0.25, 0.3) is 0 Å². The van der Waals surface area contributed by atoms with Crippen LogP contribution in [0.2, 0.25) is 0 Å². The van der Waals surface area contributed by atoms with Crippen LogP contribution >= 0.6 is 0 Å². The summed E-state index contributed by atoms with van der Waals surface area (Å²) >= 11 is 0. The van der Waals surface area contributed by atoms with Crippen LogP contribution in [0.3, 0.4) is 0 Å². The lowest BCUT2D eigenvalue weighted by atomic mass is 10.1. The number of aliphatic hydroxyl groups excluding tert-OH is 1. The van der Waals surface area contributed by atoms with Gasteiger partial charge >= 0.3 is 0 Å². The van der Waals surface area contributed by atoms with Gasteiger partial charge in [-0.05, 0) is 31.0 Å². The summed E-state index contributed by atoms with van der Waals surface area (Å²) in [7, 11) is 0. The molecule has 0 saturated carbocycles. The Hall–Kier alpha value is -1.16. The molecule has 0 fully saturated rings. The fraction of sp³-hybridized carbons (Fsp3) is 0.538. The molecule has 0 aromatic heterocycles. The average molecular weight is 244 g/mol. The molecule has 4 heteroatoms. The van der Waals surface area contributed by atoms with Crippen molar-refractivity contribution in [2.45, 2.75) is 39.2 Å². The third-order valence-electron chi connectivity index (χ3n) is 2.51. The van der Waals surface area contributed by atoms with Crippen LogP contribution in [0.4, 0.5) is 8.78 Å². The number of halogens is 2. The molecule has 0 spiro atoms. The zero-order valence-corrected chi connectivity index (χ0v) is 10.2. The van der Waals surface area contributed by atoms with Crippen molar-refractivity contribution in [2.24, 2.45) is 0 Å². The molecular formula is C13H18F2O2. The molecule has 96 valence electrons. The SMILES string of the molecule is CCCCCOc1cc([C@@H](C)O)cc(F)c1F. The molecule has 0 saturated heterocycles. The van der Waals surface area contributed by atoms with Gasteiger partial charge in [-0.25, -0.2) is 4.39 Å². The van der Waals surface area contributed by atoms with Crippen LogP contribution in [0.5, 0.6) is 5.75 Å². The number of benzene rings is 1. The Bertz CT molecular complexity index is 365. The van der Waals surface area contributed by atoms with E-state index in [-0.39, 0.29) is 5.75 Å². The first kappa shape index (κ1) is 13.9. The molecule has 1 aromatic carbocycles. The molecule has 0 radical (unpaired) electrons. The Morgan fingerprint density at radius 2 is 2.00 bits per heavy atom. The standard InChI is InChI=1S/C13H18F2O2/c1-3-4-5-6-17-12-8-10(9(2)16)7-11(14)13(12)15/h7-9,16H,3-6H2,1-2H3/t9-/m1/s1. The van der Waals surface area contributed by atoms with Crippen LogP contribution in [0.1, 0.15) is 44.8 Å². The Morgan fingerprint density at radius 3 is 2.59 bits per heavy atom. The molecule has 0 heterocycles. The second kappa shape index (κ2) is 6.55. The number of rotatable bonds is 6. The summed E-state index contributed by atoms with van der Waals surface area (Å²) in [6.07, 6.45) is 1.98. The van der Waals surface area contributed by atoms with Gasteiger partial charge in [0.05, 0.1) is 12.7 Å². The third-order valence-corrected chi connectivity index (χ3v) is 2.51. The largest absolute Gasteiger partial charge is 0.490 e. The average Bonchev–Trinajstić information content (AvgIpc) is 2.29. The van der Waals surface area contributed by atoms with E-state index < -0.39 is 17.7 Å². The second-order valence-corrected chi connectivity index (χ2v) is 4.05. The highest BCUT2D eigenvalue weighted by molar-refractivity contribution is 5.32. The topological polar surface area (TPSA) is 29.5 Å². The van der Waals surface area contributed by atoms with Gasteiger partial charge in [0.25, 0.3) is 0 Å². The highest BCUT2D eigenvalue weighted by Gasteiger charge is 2.14. The number of hydrogen-bond acceptors (Lipinski definition) is 2.